The molecule has 0 aliphatic carbocycles. The lowest BCUT2D eigenvalue weighted by molar-refractivity contribution is -0.172. The Bertz CT molecular complexity index is 277. The summed E-state index contributed by atoms with van der Waals surface area (Å²) in [5.74, 6) is 0.644. The summed E-state index contributed by atoms with van der Waals surface area (Å²) in [6.45, 7) is 11.5. The third-order valence-corrected chi connectivity index (χ3v) is 6.68. The second-order valence-electron chi connectivity index (χ2n) is 6.01. The summed E-state index contributed by atoms with van der Waals surface area (Å²) in [4.78, 5) is 0. The van der Waals surface area contributed by atoms with Gasteiger partial charge < -0.3 is 27.5 Å². The molecule has 0 bridgehead atoms. The Kier molecular flexibility index (Phi) is 12.3. The summed E-state index contributed by atoms with van der Waals surface area (Å²) in [5, 5.41) is 0. The molecule has 0 aromatic carbocycles. The molecule has 140 valence electrons. The largest absolute Gasteiger partial charge is 0.530 e. The fourth-order valence-electron chi connectivity index (χ4n) is 2.17. The molecule has 0 rings (SSSR count). The topological polar surface area (TPSA) is 55.4 Å². The van der Waals surface area contributed by atoms with Crippen LogP contribution in [0.2, 0.25) is 0 Å². The molecule has 0 heterocycles. The molecule has 0 aromatic rings. The van der Waals surface area contributed by atoms with E-state index in [0.717, 1.165) is 19.4 Å². The molecular formula is C16H36O6Si. The number of rotatable bonds is 14. The first-order valence-corrected chi connectivity index (χ1v) is 10.2. The van der Waals surface area contributed by atoms with Gasteiger partial charge in [-0.15, -0.1) is 0 Å². The molecule has 0 radical (unpaired) electrons. The van der Waals surface area contributed by atoms with Gasteiger partial charge in [0.1, 0.15) is 5.73 Å². The zero-order valence-electron chi connectivity index (χ0n) is 16.1. The highest BCUT2D eigenvalue weighted by Crippen LogP contribution is 2.20. The summed E-state index contributed by atoms with van der Waals surface area (Å²) in [6, 6.07) is 0. The second-order valence-corrected chi connectivity index (χ2v) is 9.09. The minimum absolute atomic E-state index is 0.0363. The normalized spacial score (nSPS) is 16.6. The van der Waals surface area contributed by atoms with Crippen LogP contribution in [0.25, 0.3) is 0 Å². The molecule has 3 unspecified atom stereocenters. The van der Waals surface area contributed by atoms with E-state index in [4.69, 9.17) is 27.5 Å². The van der Waals surface area contributed by atoms with Crippen molar-refractivity contribution in [3.63, 3.8) is 0 Å². The van der Waals surface area contributed by atoms with Gasteiger partial charge in [0.2, 0.25) is 0 Å². The van der Waals surface area contributed by atoms with Gasteiger partial charge in [0.15, 0.2) is 6.29 Å². The molecule has 0 spiro atoms. The van der Waals surface area contributed by atoms with Crippen molar-refractivity contribution in [2.45, 2.75) is 65.6 Å². The van der Waals surface area contributed by atoms with Crippen molar-refractivity contribution < 1.29 is 27.5 Å². The van der Waals surface area contributed by atoms with Crippen molar-refractivity contribution in [2.24, 2.45) is 5.92 Å². The average molecular weight is 353 g/mol. The Labute approximate surface area is 143 Å². The van der Waals surface area contributed by atoms with Crippen LogP contribution in [0.15, 0.2) is 0 Å². The highest BCUT2D eigenvalue weighted by molar-refractivity contribution is 6.62. The number of ether oxygens (including phenoxy) is 3. The SMILES string of the molecule is CCC(OC(C)OCC(C)OCCC(C)C)[Si](OC)(OC)OC. The zero-order valence-corrected chi connectivity index (χ0v) is 17.1. The molecule has 0 saturated carbocycles. The van der Waals surface area contributed by atoms with Gasteiger partial charge in [-0.2, -0.15) is 0 Å². The van der Waals surface area contributed by atoms with Crippen LogP contribution in [0.1, 0.15) is 47.5 Å². The van der Waals surface area contributed by atoms with Crippen LogP contribution in [0.3, 0.4) is 0 Å². The quantitative estimate of drug-likeness (QED) is 0.354. The summed E-state index contributed by atoms with van der Waals surface area (Å²) in [7, 11) is 1.92. The minimum atomic E-state index is -2.83. The van der Waals surface area contributed by atoms with E-state index in [1.54, 1.807) is 21.3 Å². The predicted molar refractivity (Wildman–Crippen MR) is 92.2 cm³/mol. The van der Waals surface area contributed by atoms with Crippen LogP contribution in [0, 0.1) is 5.92 Å². The van der Waals surface area contributed by atoms with Crippen molar-refractivity contribution >= 4 is 8.80 Å². The first-order chi connectivity index (χ1) is 10.8. The molecule has 0 fully saturated rings. The lowest BCUT2D eigenvalue weighted by Gasteiger charge is -2.33. The van der Waals surface area contributed by atoms with E-state index < -0.39 is 8.80 Å². The molecule has 6 nitrogen and oxygen atoms in total. The Hall–Kier alpha value is -0.0231. The van der Waals surface area contributed by atoms with Gasteiger partial charge in [-0.25, -0.2) is 0 Å². The van der Waals surface area contributed by atoms with E-state index in [-0.39, 0.29) is 18.1 Å². The van der Waals surface area contributed by atoms with Gasteiger partial charge in [0, 0.05) is 27.9 Å². The van der Waals surface area contributed by atoms with Crippen LogP contribution in [0.4, 0.5) is 0 Å². The monoisotopic (exact) mass is 352 g/mol. The molecule has 3 atom stereocenters. The summed E-state index contributed by atoms with van der Waals surface area (Å²) >= 11 is 0. The third kappa shape index (κ3) is 8.58. The molecule has 23 heavy (non-hydrogen) atoms. The van der Waals surface area contributed by atoms with E-state index in [1.807, 2.05) is 20.8 Å². The molecule has 0 amide bonds. The zero-order chi connectivity index (χ0) is 17.9. The highest BCUT2D eigenvalue weighted by atomic mass is 28.4. The first kappa shape index (κ1) is 23.0. The molecule has 0 aromatic heterocycles. The number of hydrogen-bond donors (Lipinski definition) is 0. The highest BCUT2D eigenvalue weighted by Gasteiger charge is 2.48. The predicted octanol–water partition coefficient (Wildman–Crippen LogP) is 3.01. The lowest BCUT2D eigenvalue weighted by atomic mass is 10.1. The Morgan fingerprint density at radius 1 is 0.870 bits per heavy atom. The fraction of sp³-hybridized carbons (Fsp3) is 1.00. The standard InChI is InChI=1S/C16H36O6Si/c1-9-16(23(17-6,18-7)19-8)22-15(5)21-12-14(4)20-11-10-13(2)3/h13-16H,9-12H2,1-8H3. The average Bonchev–Trinajstić information content (AvgIpc) is 2.53. The minimum Gasteiger partial charge on any atom is -0.376 e. The van der Waals surface area contributed by atoms with Crippen LogP contribution >= 0.6 is 0 Å². The molecule has 0 saturated heterocycles. The van der Waals surface area contributed by atoms with E-state index in [9.17, 15) is 0 Å². The maximum atomic E-state index is 5.94. The smallest absolute Gasteiger partial charge is 0.376 e. The van der Waals surface area contributed by atoms with Crippen molar-refractivity contribution in [2.75, 3.05) is 34.5 Å². The molecule has 0 N–H and O–H groups in total. The van der Waals surface area contributed by atoms with Gasteiger partial charge in [0.05, 0.1) is 12.7 Å². The Balaban J connectivity index is 4.27. The maximum Gasteiger partial charge on any atom is 0.530 e. The Morgan fingerprint density at radius 2 is 1.43 bits per heavy atom. The van der Waals surface area contributed by atoms with E-state index >= 15 is 0 Å². The molecule has 0 aliphatic heterocycles. The summed E-state index contributed by atoms with van der Waals surface area (Å²) < 4.78 is 33.8. The lowest BCUT2D eigenvalue weighted by Crippen LogP contribution is -2.56. The van der Waals surface area contributed by atoms with Crippen LogP contribution in [-0.2, 0) is 27.5 Å². The van der Waals surface area contributed by atoms with Crippen molar-refractivity contribution in [1.29, 1.82) is 0 Å². The van der Waals surface area contributed by atoms with Gasteiger partial charge in [0.25, 0.3) is 0 Å². The Morgan fingerprint density at radius 3 is 1.87 bits per heavy atom. The molecular weight excluding hydrogens is 316 g/mol. The molecule has 7 heteroatoms. The summed E-state index contributed by atoms with van der Waals surface area (Å²) in [6.07, 6.45) is 1.42. The van der Waals surface area contributed by atoms with E-state index in [2.05, 4.69) is 13.8 Å². The van der Waals surface area contributed by atoms with E-state index in [0.29, 0.717) is 12.5 Å². The number of hydrogen-bond acceptors (Lipinski definition) is 6. The van der Waals surface area contributed by atoms with Crippen LogP contribution in [0.5, 0.6) is 0 Å². The maximum absolute atomic E-state index is 5.94. The molecule has 0 aliphatic rings. The van der Waals surface area contributed by atoms with Gasteiger partial charge >= 0.3 is 8.80 Å². The first-order valence-electron chi connectivity index (χ1n) is 8.39. The van der Waals surface area contributed by atoms with E-state index in [1.165, 1.54) is 0 Å². The van der Waals surface area contributed by atoms with Gasteiger partial charge in [-0.05, 0) is 32.6 Å². The third-order valence-electron chi connectivity index (χ3n) is 3.64. The van der Waals surface area contributed by atoms with Crippen molar-refractivity contribution in [3.05, 3.63) is 0 Å². The summed E-state index contributed by atoms with van der Waals surface area (Å²) in [5.41, 5.74) is -0.269. The van der Waals surface area contributed by atoms with Crippen molar-refractivity contribution in [1.82, 2.24) is 0 Å². The van der Waals surface area contributed by atoms with Gasteiger partial charge in [-0.3, -0.25) is 0 Å². The van der Waals surface area contributed by atoms with Gasteiger partial charge in [-0.1, -0.05) is 20.8 Å². The van der Waals surface area contributed by atoms with Crippen LogP contribution in [-0.4, -0.2) is 61.5 Å². The fourth-order valence-corrected chi connectivity index (χ4v) is 4.32. The van der Waals surface area contributed by atoms with Crippen molar-refractivity contribution in [3.8, 4) is 0 Å². The second kappa shape index (κ2) is 12.4. The van der Waals surface area contributed by atoms with Crippen LogP contribution < -0.4 is 0 Å².